The van der Waals surface area contributed by atoms with Crippen LogP contribution in [0.15, 0.2) is 54.9 Å². The predicted octanol–water partition coefficient (Wildman–Crippen LogP) is 5.51. The summed E-state index contributed by atoms with van der Waals surface area (Å²) in [5.74, 6) is -0.0706. The van der Waals surface area contributed by atoms with Crippen molar-refractivity contribution in [1.29, 1.82) is 0 Å². The molecular formula is C35H41FN6O7S. The molecule has 1 aromatic carbocycles. The number of hydrogen-bond donors (Lipinski definition) is 2. The Kier molecular flexibility index (Phi) is 12.4. The maximum Gasteiger partial charge on any atom is 0.409 e. The number of carbonyl (C=O) groups is 2. The Hall–Kier alpha value is -4.41. The third kappa shape index (κ3) is 10.1. The van der Waals surface area contributed by atoms with Crippen molar-refractivity contribution in [1.82, 2.24) is 25.1 Å². The maximum absolute atomic E-state index is 15.0. The number of amides is 3. The monoisotopic (exact) mass is 708 g/mol. The summed E-state index contributed by atoms with van der Waals surface area (Å²) < 4.78 is 42.7. The van der Waals surface area contributed by atoms with Gasteiger partial charge in [0, 0.05) is 76.1 Å². The van der Waals surface area contributed by atoms with Crippen molar-refractivity contribution in [2.45, 2.75) is 25.4 Å². The molecule has 15 heteroatoms. The molecule has 0 bridgehead atoms. The third-order valence-electron chi connectivity index (χ3n) is 8.07. The van der Waals surface area contributed by atoms with Crippen LogP contribution >= 0.6 is 11.3 Å². The Bertz CT molecular complexity index is 1730. The molecule has 266 valence electrons. The summed E-state index contributed by atoms with van der Waals surface area (Å²) in [7, 11) is 1.62. The number of methoxy groups -OCH3 is 1. The van der Waals surface area contributed by atoms with E-state index in [1.54, 1.807) is 30.3 Å². The standard InChI is InChI=1S/C35H41FN6O7S/c1-45-14-15-46-16-17-47-18-19-48-35(44)42-12-10-41(11-13-42)23-24-2-6-28(38-22-24)32-21-29-33(50-32)31(8-9-37-29)49-30-7-5-26(20-27(30)36)40-34(43)39-25-3-4-25/h2,5-9,20-22,25H,3-4,10-19,23H2,1H3,(H2,39,40,43). The van der Waals surface area contributed by atoms with Gasteiger partial charge in [0.15, 0.2) is 11.6 Å². The first-order chi connectivity index (χ1) is 24.4. The Morgan fingerprint density at radius 2 is 1.70 bits per heavy atom. The molecule has 1 aliphatic heterocycles. The van der Waals surface area contributed by atoms with E-state index in [0.717, 1.165) is 52.3 Å². The molecule has 3 aromatic heterocycles. The van der Waals surface area contributed by atoms with Crippen LogP contribution in [0.5, 0.6) is 11.5 Å². The summed E-state index contributed by atoms with van der Waals surface area (Å²) in [6.45, 7) is 5.85. The maximum atomic E-state index is 15.0. The van der Waals surface area contributed by atoms with E-state index in [0.29, 0.717) is 64.1 Å². The van der Waals surface area contributed by atoms with Gasteiger partial charge in [-0.15, -0.1) is 11.3 Å². The number of carbonyl (C=O) groups excluding carboxylic acids is 2. The van der Waals surface area contributed by atoms with Gasteiger partial charge in [-0.05, 0) is 42.7 Å². The fraction of sp³-hybridized carbons (Fsp3) is 0.429. The molecule has 0 radical (unpaired) electrons. The first-order valence-corrected chi connectivity index (χ1v) is 17.4. The lowest BCUT2D eigenvalue weighted by Gasteiger charge is -2.34. The van der Waals surface area contributed by atoms with Gasteiger partial charge in [0.05, 0.1) is 53.8 Å². The molecule has 3 amide bonds. The number of nitrogens with zero attached hydrogens (tertiary/aromatic N) is 4. The summed E-state index contributed by atoms with van der Waals surface area (Å²) >= 11 is 1.47. The van der Waals surface area contributed by atoms with Crippen molar-refractivity contribution in [3.63, 3.8) is 0 Å². The van der Waals surface area contributed by atoms with Gasteiger partial charge in [-0.3, -0.25) is 14.9 Å². The molecular weight excluding hydrogens is 667 g/mol. The number of anilines is 1. The van der Waals surface area contributed by atoms with Gasteiger partial charge < -0.3 is 39.2 Å². The quantitative estimate of drug-likeness (QED) is 0.144. The first kappa shape index (κ1) is 35.4. The van der Waals surface area contributed by atoms with Crippen molar-refractivity contribution >= 4 is 39.4 Å². The molecule has 2 N–H and O–H groups in total. The minimum Gasteiger partial charge on any atom is -0.453 e. The van der Waals surface area contributed by atoms with Crippen LogP contribution in [-0.4, -0.2) is 111 Å². The van der Waals surface area contributed by atoms with Gasteiger partial charge >= 0.3 is 12.1 Å². The van der Waals surface area contributed by atoms with E-state index in [4.69, 9.17) is 28.7 Å². The van der Waals surface area contributed by atoms with Gasteiger partial charge in [-0.25, -0.2) is 14.0 Å². The summed E-state index contributed by atoms with van der Waals surface area (Å²) in [5.41, 5.74) is 2.92. The SMILES string of the molecule is COCCOCCOCCOC(=O)N1CCN(Cc2ccc(-c3cc4nccc(Oc5ccc(NC(=O)NC6CC6)cc5F)c4s3)nc2)CC1. The van der Waals surface area contributed by atoms with Crippen LogP contribution in [0.1, 0.15) is 18.4 Å². The van der Waals surface area contributed by atoms with E-state index in [1.807, 2.05) is 18.3 Å². The van der Waals surface area contributed by atoms with E-state index >= 15 is 0 Å². The zero-order valence-corrected chi connectivity index (χ0v) is 28.7. The molecule has 0 atom stereocenters. The summed E-state index contributed by atoms with van der Waals surface area (Å²) in [5, 5.41) is 5.47. The number of aromatic nitrogens is 2. The number of fused-ring (bicyclic) bond motifs is 1. The Balaban J connectivity index is 0.960. The van der Waals surface area contributed by atoms with Crippen LogP contribution in [-0.2, 0) is 25.5 Å². The lowest BCUT2D eigenvalue weighted by atomic mass is 10.2. The van der Waals surface area contributed by atoms with Crippen LogP contribution in [0.3, 0.4) is 0 Å². The number of halogens is 1. The fourth-order valence-electron chi connectivity index (χ4n) is 5.24. The molecule has 2 fully saturated rings. The van der Waals surface area contributed by atoms with Crippen LogP contribution < -0.4 is 15.4 Å². The molecule has 1 aliphatic carbocycles. The molecule has 4 aromatic rings. The molecule has 4 heterocycles. The molecule has 1 saturated heterocycles. The fourth-order valence-corrected chi connectivity index (χ4v) is 6.28. The van der Waals surface area contributed by atoms with Crippen molar-refractivity contribution in [3.8, 4) is 22.1 Å². The Morgan fingerprint density at radius 3 is 2.42 bits per heavy atom. The van der Waals surface area contributed by atoms with Crippen LogP contribution in [0, 0.1) is 5.82 Å². The molecule has 0 spiro atoms. The number of pyridine rings is 2. The molecule has 2 aliphatic rings. The van der Waals surface area contributed by atoms with Crippen molar-refractivity contribution in [2.24, 2.45) is 0 Å². The number of hydrogen-bond acceptors (Lipinski definition) is 11. The molecule has 50 heavy (non-hydrogen) atoms. The van der Waals surface area contributed by atoms with E-state index in [-0.39, 0.29) is 30.5 Å². The predicted molar refractivity (Wildman–Crippen MR) is 186 cm³/mol. The van der Waals surface area contributed by atoms with Gasteiger partial charge in [-0.2, -0.15) is 0 Å². The normalized spacial score (nSPS) is 14.9. The minimum absolute atomic E-state index is 0.0435. The average Bonchev–Trinajstić information content (AvgIpc) is 3.82. The lowest BCUT2D eigenvalue weighted by molar-refractivity contribution is 0.00744. The van der Waals surface area contributed by atoms with Gasteiger partial charge in [0.1, 0.15) is 12.4 Å². The lowest BCUT2D eigenvalue weighted by Crippen LogP contribution is -2.48. The van der Waals surface area contributed by atoms with Crippen molar-refractivity contribution in [2.75, 3.05) is 78.2 Å². The second kappa shape index (κ2) is 17.5. The highest BCUT2D eigenvalue weighted by Crippen LogP contribution is 2.39. The van der Waals surface area contributed by atoms with E-state index in [1.165, 1.54) is 23.5 Å². The smallest absolute Gasteiger partial charge is 0.409 e. The van der Waals surface area contributed by atoms with E-state index in [2.05, 4.69) is 26.6 Å². The number of rotatable bonds is 16. The number of piperazine rings is 1. The van der Waals surface area contributed by atoms with Crippen LogP contribution in [0.25, 0.3) is 20.8 Å². The number of thiophene rings is 1. The highest BCUT2D eigenvalue weighted by Gasteiger charge is 2.24. The van der Waals surface area contributed by atoms with Crippen molar-refractivity contribution in [3.05, 3.63) is 66.2 Å². The topological polar surface area (TPSA) is 137 Å². The molecule has 6 rings (SSSR count). The molecule has 0 unspecified atom stereocenters. The third-order valence-corrected chi connectivity index (χ3v) is 9.23. The molecule has 13 nitrogen and oxygen atoms in total. The van der Waals surface area contributed by atoms with Gasteiger partial charge in [0.25, 0.3) is 0 Å². The minimum atomic E-state index is -0.591. The summed E-state index contributed by atoms with van der Waals surface area (Å²) in [6, 6.07) is 11.9. The van der Waals surface area contributed by atoms with Crippen LogP contribution in [0.4, 0.5) is 19.7 Å². The van der Waals surface area contributed by atoms with Gasteiger partial charge in [-0.1, -0.05) is 6.07 Å². The number of benzene rings is 1. The van der Waals surface area contributed by atoms with E-state index in [9.17, 15) is 14.0 Å². The first-order valence-electron chi connectivity index (χ1n) is 16.6. The molecule has 1 saturated carbocycles. The zero-order chi connectivity index (χ0) is 34.7. The van der Waals surface area contributed by atoms with Gasteiger partial charge in [0.2, 0.25) is 0 Å². The Morgan fingerprint density at radius 1 is 0.920 bits per heavy atom. The highest BCUT2D eigenvalue weighted by atomic mass is 32.1. The summed E-state index contributed by atoms with van der Waals surface area (Å²) in [4.78, 5) is 38.6. The Labute approximate surface area is 293 Å². The largest absolute Gasteiger partial charge is 0.453 e. The number of urea groups is 1. The van der Waals surface area contributed by atoms with Crippen LogP contribution in [0.2, 0.25) is 0 Å². The van der Waals surface area contributed by atoms with Crippen molar-refractivity contribution < 1.29 is 37.7 Å². The number of nitrogens with one attached hydrogen (secondary N) is 2. The van der Waals surface area contributed by atoms with E-state index < -0.39 is 5.82 Å². The zero-order valence-electron chi connectivity index (χ0n) is 27.9. The number of ether oxygens (including phenoxy) is 5. The second-order valence-corrected chi connectivity index (χ2v) is 13.0. The second-order valence-electron chi connectivity index (χ2n) is 11.9. The summed E-state index contributed by atoms with van der Waals surface area (Å²) in [6.07, 6.45) is 5.09. The average molecular weight is 709 g/mol. The highest BCUT2D eigenvalue weighted by molar-refractivity contribution is 7.22.